The molecule has 0 radical (unpaired) electrons. The molecular formula is C13H24N4. The summed E-state index contributed by atoms with van der Waals surface area (Å²) in [6.07, 6.45) is 2.25. The maximum absolute atomic E-state index is 5.93. The molecule has 0 aliphatic carbocycles. The summed E-state index contributed by atoms with van der Waals surface area (Å²) in [5.41, 5.74) is 9.84. The highest BCUT2D eigenvalue weighted by Gasteiger charge is 2.19. The van der Waals surface area contributed by atoms with Crippen LogP contribution in [0.3, 0.4) is 0 Å². The molecule has 1 aliphatic rings. The second-order valence-corrected chi connectivity index (χ2v) is 5.08. The molecule has 0 saturated carbocycles. The molecule has 17 heavy (non-hydrogen) atoms. The fourth-order valence-corrected chi connectivity index (χ4v) is 2.61. The van der Waals surface area contributed by atoms with Gasteiger partial charge >= 0.3 is 0 Å². The molecule has 0 unspecified atom stereocenters. The van der Waals surface area contributed by atoms with Crippen LogP contribution >= 0.6 is 0 Å². The standard InChI is InChI=1S/C13H24N4/c1-4-17-11(3)13(10(2)15-17)9-16-7-5-12(14)6-8-16/h12H,4-9,14H2,1-3H3. The second kappa shape index (κ2) is 5.19. The van der Waals surface area contributed by atoms with Gasteiger partial charge in [0.1, 0.15) is 0 Å². The Morgan fingerprint density at radius 1 is 1.29 bits per heavy atom. The first kappa shape index (κ1) is 12.6. The summed E-state index contributed by atoms with van der Waals surface area (Å²) in [4.78, 5) is 2.50. The molecule has 2 N–H and O–H groups in total. The zero-order valence-corrected chi connectivity index (χ0v) is 11.2. The van der Waals surface area contributed by atoms with E-state index in [1.165, 1.54) is 17.0 Å². The van der Waals surface area contributed by atoms with Crippen LogP contribution in [0.15, 0.2) is 0 Å². The first-order valence-corrected chi connectivity index (χ1v) is 6.62. The van der Waals surface area contributed by atoms with E-state index in [2.05, 4.69) is 35.5 Å². The third-order valence-corrected chi connectivity index (χ3v) is 3.84. The fraction of sp³-hybridized carbons (Fsp3) is 0.769. The Morgan fingerprint density at radius 2 is 1.94 bits per heavy atom. The monoisotopic (exact) mass is 236 g/mol. The Labute approximate surface area is 104 Å². The number of likely N-dealkylation sites (tertiary alicyclic amines) is 1. The summed E-state index contributed by atoms with van der Waals surface area (Å²) in [6, 6.07) is 0.409. The SMILES string of the molecule is CCn1nc(C)c(CN2CCC(N)CC2)c1C. The molecule has 1 saturated heterocycles. The lowest BCUT2D eigenvalue weighted by atomic mass is 10.0. The molecule has 4 nitrogen and oxygen atoms in total. The summed E-state index contributed by atoms with van der Waals surface area (Å²) >= 11 is 0. The van der Waals surface area contributed by atoms with Crippen molar-refractivity contribution in [3.05, 3.63) is 17.0 Å². The number of hydrogen-bond donors (Lipinski definition) is 1. The molecule has 1 aliphatic heterocycles. The van der Waals surface area contributed by atoms with Crippen molar-refractivity contribution in [2.24, 2.45) is 5.73 Å². The van der Waals surface area contributed by atoms with Gasteiger partial charge in [-0.25, -0.2) is 0 Å². The molecule has 1 fully saturated rings. The van der Waals surface area contributed by atoms with E-state index in [-0.39, 0.29) is 0 Å². The maximum Gasteiger partial charge on any atom is 0.0641 e. The first-order valence-electron chi connectivity index (χ1n) is 6.62. The van der Waals surface area contributed by atoms with Crippen LogP contribution in [0.25, 0.3) is 0 Å². The molecule has 2 rings (SSSR count). The Morgan fingerprint density at radius 3 is 2.47 bits per heavy atom. The van der Waals surface area contributed by atoms with Crippen molar-refractivity contribution >= 4 is 0 Å². The smallest absolute Gasteiger partial charge is 0.0641 e. The van der Waals surface area contributed by atoms with Gasteiger partial charge in [-0.2, -0.15) is 5.10 Å². The number of hydrogen-bond acceptors (Lipinski definition) is 3. The molecule has 2 heterocycles. The van der Waals surface area contributed by atoms with Crippen LogP contribution in [0.1, 0.15) is 36.7 Å². The molecule has 1 aromatic rings. The summed E-state index contributed by atoms with van der Waals surface area (Å²) in [6.45, 7) is 10.7. The molecule has 0 bridgehead atoms. The van der Waals surface area contributed by atoms with E-state index in [4.69, 9.17) is 5.73 Å². The molecule has 0 atom stereocenters. The Kier molecular flexibility index (Phi) is 3.84. The van der Waals surface area contributed by atoms with Crippen molar-refractivity contribution in [2.45, 2.75) is 52.7 Å². The number of aryl methyl sites for hydroxylation is 2. The largest absolute Gasteiger partial charge is 0.328 e. The highest BCUT2D eigenvalue weighted by atomic mass is 15.3. The van der Waals surface area contributed by atoms with Gasteiger partial charge in [-0.1, -0.05) is 0 Å². The van der Waals surface area contributed by atoms with E-state index >= 15 is 0 Å². The average Bonchev–Trinajstić information content (AvgIpc) is 2.59. The predicted octanol–water partition coefficient (Wildman–Crippen LogP) is 1.44. The third kappa shape index (κ3) is 2.69. The van der Waals surface area contributed by atoms with Crippen molar-refractivity contribution in [2.75, 3.05) is 13.1 Å². The van der Waals surface area contributed by atoms with Crippen LogP contribution < -0.4 is 5.73 Å². The molecule has 1 aromatic heterocycles. The molecule has 4 heteroatoms. The van der Waals surface area contributed by atoms with Crippen LogP contribution in [0.5, 0.6) is 0 Å². The highest BCUT2D eigenvalue weighted by Crippen LogP contribution is 2.18. The Bertz CT molecular complexity index is 375. The van der Waals surface area contributed by atoms with E-state index in [1.807, 2.05) is 0 Å². The van der Waals surface area contributed by atoms with Crippen LogP contribution in [-0.4, -0.2) is 33.8 Å². The quantitative estimate of drug-likeness (QED) is 0.864. The number of aromatic nitrogens is 2. The molecule has 0 spiro atoms. The normalized spacial score (nSPS) is 18.8. The minimum Gasteiger partial charge on any atom is -0.328 e. The number of nitrogens with two attached hydrogens (primary N) is 1. The number of nitrogens with zero attached hydrogens (tertiary/aromatic N) is 3. The van der Waals surface area contributed by atoms with Gasteiger partial charge in [0, 0.05) is 30.4 Å². The minimum atomic E-state index is 0.409. The Balaban J connectivity index is 2.05. The fourth-order valence-electron chi connectivity index (χ4n) is 2.61. The van der Waals surface area contributed by atoms with Gasteiger partial charge in [-0.05, 0) is 46.7 Å². The van der Waals surface area contributed by atoms with E-state index in [0.717, 1.165) is 39.0 Å². The van der Waals surface area contributed by atoms with Crippen molar-refractivity contribution in [3.63, 3.8) is 0 Å². The van der Waals surface area contributed by atoms with Gasteiger partial charge < -0.3 is 5.73 Å². The van der Waals surface area contributed by atoms with E-state index in [0.29, 0.717) is 6.04 Å². The van der Waals surface area contributed by atoms with Gasteiger partial charge in [0.2, 0.25) is 0 Å². The van der Waals surface area contributed by atoms with E-state index < -0.39 is 0 Å². The van der Waals surface area contributed by atoms with Crippen LogP contribution in [0, 0.1) is 13.8 Å². The van der Waals surface area contributed by atoms with E-state index in [9.17, 15) is 0 Å². The maximum atomic E-state index is 5.93. The summed E-state index contributed by atoms with van der Waals surface area (Å²) in [5.74, 6) is 0. The minimum absolute atomic E-state index is 0.409. The summed E-state index contributed by atoms with van der Waals surface area (Å²) in [7, 11) is 0. The average molecular weight is 236 g/mol. The van der Waals surface area contributed by atoms with Gasteiger partial charge in [0.05, 0.1) is 5.69 Å². The lowest BCUT2D eigenvalue weighted by Crippen LogP contribution is -2.39. The lowest BCUT2D eigenvalue weighted by Gasteiger charge is -2.30. The molecule has 0 amide bonds. The van der Waals surface area contributed by atoms with E-state index in [1.54, 1.807) is 0 Å². The predicted molar refractivity (Wildman–Crippen MR) is 69.9 cm³/mol. The number of piperidine rings is 1. The molecule has 96 valence electrons. The molecular weight excluding hydrogens is 212 g/mol. The number of rotatable bonds is 3. The second-order valence-electron chi connectivity index (χ2n) is 5.08. The Hall–Kier alpha value is -0.870. The molecule has 0 aromatic carbocycles. The van der Waals surface area contributed by atoms with Crippen LogP contribution in [0.2, 0.25) is 0 Å². The van der Waals surface area contributed by atoms with Crippen LogP contribution in [0.4, 0.5) is 0 Å². The third-order valence-electron chi connectivity index (χ3n) is 3.84. The van der Waals surface area contributed by atoms with Gasteiger partial charge in [-0.15, -0.1) is 0 Å². The summed E-state index contributed by atoms with van der Waals surface area (Å²) in [5, 5.41) is 4.57. The van der Waals surface area contributed by atoms with Gasteiger partial charge in [0.15, 0.2) is 0 Å². The van der Waals surface area contributed by atoms with Gasteiger partial charge in [0.25, 0.3) is 0 Å². The zero-order chi connectivity index (χ0) is 12.4. The van der Waals surface area contributed by atoms with Crippen molar-refractivity contribution in [1.82, 2.24) is 14.7 Å². The zero-order valence-electron chi connectivity index (χ0n) is 11.2. The highest BCUT2D eigenvalue weighted by molar-refractivity contribution is 5.24. The van der Waals surface area contributed by atoms with Crippen molar-refractivity contribution in [3.8, 4) is 0 Å². The topological polar surface area (TPSA) is 47.1 Å². The summed E-state index contributed by atoms with van der Waals surface area (Å²) < 4.78 is 2.10. The first-order chi connectivity index (χ1) is 8.11. The van der Waals surface area contributed by atoms with Gasteiger partial charge in [-0.3, -0.25) is 9.58 Å². The van der Waals surface area contributed by atoms with Crippen molar-refractivity contribution in [1.29, 1.82) is 0 Å². The van der Waals surface area contributed by atoms with Crippen molar-refractivity contribution < 1.29 is 0 Å². The lowest BCUT2D eigenvalue weighted by molar-refractivity contribution is 0.205. The van der Waals surface area contributed by atoms with Crippen LogP contribution in [-0.2, 0) is 13.1 Å².